The summed E-state index contributed by atoms with van der Waals surface area (Å²) >= 11 is 0. The quantitative estimate of drug-likeness (QED) is 0.499. The summed E-state index contributed by atoms with van der Waals surface area (Å²) < 4.78 is 4.11. The van der Waals surface area contributed by atoms with Crippen molar-refractivity contribution >= 4 is 28.7 Å². The number of carbonyl (C=O) groups excluding carboxylic acids is 1. The van der Waals surface area contributed by atoms with Gasteiger partial charge < -0.3 is 5.32 Å². The van der Waals surface area contributed by atoms with E-state index in [1.807, 2.05) is 24.3 Å². The van der Waals surface area contributed by atoms with Crippen LogP contribution in [-0.2, 0) is 13.6 Å². The average Bonchev–Trinajstić information content (AvgIpc) is 3.19. The maximum absolute atomic E-state index is 13.4. The summed E-state index contributed by atoms with van der Waals surface area (Å²) in [7, 11) is 1.59. The maximum Gasteiger partial charge on any atom is 0.352 e. The van der Waals surface area contributed by atoms with E-state index in [9.17, 15) is 14.4 Å². The Morgan fingerprint density at radius 3 is 2.56 bits per heavy atom. The van der Waals surface area contributed by atoms with Gasteiger partial charge in [-0.15, -0.1) is 5.10 Å². The predicted molar refractivity (Wildman–Crippen MR) is 132 cm³/mol. The molecular formula is C26H27N5O3. The van der Waals surface area contributed by atoms with Crippen LogP contribution in [0.5, 0.6) is 0 Å². The zero-order valence-electron chi connectivity index (χ0n) is 19.2. The number of fused-ring (bicyclic) bond motifs is 3. The third-order valence-electron chi connectivity index (χ3n) is 6.65. The third-order valence-corrected chi connectivity index (χ3v) is 6.65. The van der Waals surface area contributed by atoms with Crippen molar-refractivity contribution in [1.82, 2.24) is 24.1 Å². The van der Waals surface area contributed by atoms with Crippen LogP contribution >= 0.6 is 0 Å². The molecule has 1 amide bonds. The van der Waals surface area contributed by atoms with Gasteiger partial charge in [0.15, 0.2) is 0 Å². The zero-order valence-corrected chi connectivity index (χ0v) is 19.2. The zero-order chi connectivity index (χ0) is 23.8. The molecule has 0 unspecified atom stereocenters. The molecule has 0 aliphatic heterocycles. The van der Waals surface area contributed by atoms with Gasteiger partial charge in [-0.3, -0.25) is 14.2 Å². The Labute approximate surface area is 196 Å². The van der Waals surface area contributed by atoms with Gasteiger partial charge in [0.2, 0.25) is 5.78 Å². The number of hydrogen-bond donors (Lipinski definition) is 1. The highest BCUT2D eigenvalue weighted by Gasteiger charge is 2.20. The lowest BCUT2D eigenvalue weighted by molar-refractivity contribution is 0.0928. The number of nitrogens with one attached hydrogen (secondary N) is 1. The number of aromatic nitrogens is 4. The SMILES string of the molecule is C=Cc1ccc(Cn2nc3n(C)c(=O)c4ccc(C(=O)NC5CCCCC5)cc4n3c2=O)cc1. The first-order chi connectivity index (χ1) is 16.5. The van der Waals surface area contributed by atoms with Crippen molar-refractivity contribution in [2.75, 3.05) is 0 Å². The molecule has 8 nitrogen and oxygen atoms in total. The Balaban J connectivity index is 1.58. The van der Waals surface area contributed by atoms with Crippen LogP contribution in [0, 0.1) is 0 Å². The minimum absolute atomic E-state index is 0.165. The molecule has 34 heavy (non-hydrogen) atoms. The average molecular weight is 458 g/mol. The second-order valence-electron chi connectivity index (χ2n) is 8.93. The van der Waals surface area contributed by atoms with Gasteiger partial charge in [-0.2, -0.15) is 0 Å². The Bertz CT molecular complexity index is 1520. The molecule has 2 heterocycles. The fourth-order valence-corrected chi connectivity index (χ4v) is 4.69. The van der Waals surface area contributed by atoms with Crippen LogP contribution in [0.25, 0.3) is 22.8 Å². The molecule has 1 N–H and O–H groups in total. The summed E-state index contributed by atoms with van der Waals surface area (Å²) in [5, 5.41) is 7.90. The number of benzene rings is 2. The summed E-state index contributed by atoms with van der Waals surface area (Å²) in [6, 6.07) is 12.7. The Kier molecular flexibility index (Phi) is 5.65. The normalized spacial score (nSPS) is 14.5. The fourth-order valence-electron chi connectivity index (χ4n) is 4.69. The molecule has 8 heteroatoms. The number of aryl methyl sites for hydroxylation is 1. The second-order valence-corrected chi connectivity index (χ2v) is 8.93. The molecule has 0 saturated heterocycles. The molecule has 2 aromatic carbocycles. The van der Waals surface area contributed by atoms with E-state index in [2.05, 4.69) is 17.0 Å². The summed E-state index contributed by atoms with van der Waals surface area (Å²) in [5.41, 5.74) is 2.05. The van der Waals surface area contributed by atoms with Gasteiger partial charge >= 0.3 is 5.69 Å². The van der Waals surface area contributed by atoms with Gasteiger partial charge in [0.05, 0.1) is 17.4 Å². The molecule has 0 bridgehead atoms. The smallest absolute Gasteiger partial charge is 0.349 e. The summed E-state index contributed by atoms with van der Waals surface area (Å²) in [6.45, 7) is 4.01. The van der Waals surface area contributed by atoms with Crippen molar-refractivity contribution in [1.29, 1.82) is 0 Å². The van der Waals surface area contributed by atoms with Gasteiger partial charge in [-0.05, 0) is 42.2 Å². The molecule has 0 spiro atoms. The molecule has 5 rings (SSSR count). The first kappa shape index (κ1) is 21.9. The lowest BCUT2D eigenvalue weighted by Gasteiger charge is -2.22. The van der Waals surface area contributed by atoms with Crippen molar-refractivity contribution in [3.63, 3.8) is 0 Å². The number of nitrogens with zero attached hydrogens (tertiary/aromatic N) is 4. The minimum Gasteiger partial charge on any atom is -0.349 e. The van der Waals surface area contributed by atoms with Crippen LogP contribution in [-0.4, -0.2) is 30.7 Å². The van der Waals surface area contributed by atoms with E-state index in [-0.39, 0.29) is 35.5 Å². The lowest BCUT2D eigenvalue weighted by Crippen LogP contribution is -2.36. The first-order valence-electron chi connectivity index (χ1n) is 11.6. The van der Waals surface area contributed by atoms with Gasteiger partial charge in [0, 0.05) is 18.7 Å². The van der Waals surface area contributed by atoms with E-state index in [0.717, 1.165) is 36.8 Å². The molecule has 2 aromatic heterocycles. The number of hydrogen-bond acceptors (Lipinski definition) is 4. The van der Waals surface area contributed by atoms with Gasteiger partial charge in [0.1, 0.15) is 0 Å². The van der Waals surface area contributed by atoms with Crippen molar-refractivity contribution in [2.45, 2.75) is 44.7 Å². The number of amides is 1. The Hall–Kier alpha value is -3.94. The molecule has 0 radical (unpaired) electrons. The molecule has 1 aliphatic rings. The molecule has 174 valence electrons. The molecule has 4 aromatic rings. The van der Waals surface area contributed by atoms with E-state index in [4.69, 9.17) is 0 Å². The summed E-state index contributed by atoms with van der Waals surface area (Å²) in [6.07, 6.45) is 7.14. The fraction of sp³-hybridized carbons (Fsp3) is 0.308. The largest absolute Gasteiger partial charge is 0.352 e. The second kappa shape index (κ2) is 8.78. The van der Waals surface area contributed by atoms with Gasteiger partial charge in [0.25, 0.3) is 11.5 Å². The van der Waals surface area contributed by atoms with Crippen molar-refractivity contribution < 1.29 is 4.79 Å². The van der Waals surface area contributed by atoms with E-state index in [1.165, 1.54) is 20.1 Å². The predicted octanol–water partition coefficient (Wildman–Crippen LogP) is 3.10. The summed E-state index contributed by atoms with van der Waals surface area (Å²) in [5.74, 6) is 0.0421. The molecule has 1 fully saturated rings. The van der Waals surface area contributed by atoms with Crippen molar-refractivity contribution in [2.24, 2.45) is 7.05 Å². The van der Waals surface area contributed by atoms with Crippen molar-refractivity contribution in [3.8, 4) is 0 Å². The summed E-state index contributed by atoms with van der Waals surface area (Å²) in [4.78, 5) is 39.3. The standard InChI is InChI=1S/C26H27N5O3/c1-3-17-9-11-18(12-10-17)16-30-26(34)31-22-15-19(23(32)27-20-7-5-4-6-8-20)13-14-21(22)24(33)29(2)25(31)28-30/h3,9-15,20H,1,4-8,16H2,2H3,(H,27,32). The van der Waals surface area contributed by atoms with Crippen molar-refractivity contribution in [3.05, 3.63) is 86.6 Å². The van der Waals surface area contributed by atoms with Crippen LogP contribution < -0.4 is 16.6 Å². The first-order valence-corrected chi connectivity index (χ1v) is 11.6. The highest BCUT2D eigenvalue weighted by molar-refractivity contribution is 5.98. The van der Waals surface area contributed by atoms with Crippen LogP contribution in [0.1, 0.15) is 53.6 Å². The van der Waals surface area contributed by atoms with Gasteiger partial charge in [-0.25, -0.2) is 13.9 Å². The van der Waals surface area contributed by atoms with E-state index < -0.39 is 0 Å². The lowest BCUT2D eigenvalue weighted by atomic mass is 9.95. The van der Waals surface area contributed by atoms with E-state index >= 15 is 0 Å². The van der Waals surface area contributed by atoms with E-state index in [1.54, 1.807) is 31.3 Å². The Morgan fingerprint density at radius 1 is 1.12 bits per heavy atom. The maximum atomic E-state index is 13.4. The number of carbonyl (C=O) groups is 1. The monoisotopic (exact) mass is 457 g/mol. The topological polar surface area (TPSA) is 90.4 Å². The van der Waals surface area contributed by atoms with Crippen LogP contribution in [0.3, 0.4) is 0 Å². The van der Waals surface area contributed by atoms with Crippen LogP contribution in [0.15, 0.2) is 58.6 Å². The minimum atomic E-state index is -0.367. The van der Waals surface area contributed by atoms with Crippen LogP contribution in [0.4, 0.5) is 0 Å². The molecule has 1 aliphatic carbocycles. The Morgan fingerprint density at radius 2 is 1.85 bits per heavy atom. The van der Waals surface area contributed by atoms with Gasteiger partial charge in [-0.1, -0.05) is 56.2 Å². The highest BCUT2D eigenvalue weighted by Crippen LogP contribution is 2.19. The molecular weight excluding hydrogens is 430 g/mol. The highest BCUT2D eigenvalue weighted by atomic mass is 16.2. The van der Waals surface area contributed by atoms with E-state index in [0.29, 0.717) is 16.5 Å². The van der Waals surface area contributed by atoms with Crippen LogP contribution in [0.2, 0.25) is 0 Å². The number of rotatable bonds is 5. The third kappa shape index (κ3) is 3.85. The molecule has 1 saturated carbocycles. The molecule has 0 atom stereocenters.